The zero-order valence-electron chi connectivity index (χ0n) is 17.2. The fourth-order valence-electron chi connectivity index (χ4n) is 3.40. The van der Waals surface area contributed by atoms with Crippen molar-refractivity contribution in [1.29, 1.82) is 0 Å². The Hall–Kier alpha value is -2.71. The van der Waals surface area contributed by atoms with Crippen LogP contribution >= 0.6 is 11.3 Å². The molecule has 0 saturated carbocycles. The van der Waals surface area contributed by atoms with Gasteiger partial charge in [0.15, 0.2) is 11.5 Å². The number of alkyl halides is 3. The zero-order chi connectivity index (χ0) is 23.8. The monoisotopic (exact) mass is 502 g/mol. The minimum atomic E-state index is -4.82. The fraction of sp³-hybridized carbons (Fsp3) is 0.368. The molecule has 0 amide bonds. The van der Waals surface area contributed by atoms with Crippen LogP contribution in [0.4, 0.5) is 23.5 Å². The number of aromatic nitrogens is 4. The van der Waals surface area contributed by atoms with Crippen LogP contribution in [-0.2, 0) is 16.2 Å². The second-order valence-electron chi connectivity index (χ2n) is 7.40. The molecule has 1 aliphatic rings. The van der Waals surface area contributed by atoms with E-state index in [-0.39, 0.29) is 30.1 Å². The van der Waals surface area contributed by atoms with Gasteiger partial charge in [0.2, 0.25) is 16.0 Å². The van der Waals surface area contributed by atoms with Crippen LogP contribution in [0.2, 0.25) is 0 Å². The minimum absolute atomic E-state index is 0.0452. The molecule has 4 rings (SSSR count). The summed E-state index contributed by atoms with van der Waals surface area (Å²) >= 11 is 0.674. The Bertz CT molecular complexity index is 1240. The summed E-state index contributed by atoms with van der Waals surface area (Å²) in [5.74, 6) is -1.06. The van der Waals surface area contributed by atoms with Crippen LogP contribution in [0.1, 0.15) is 18.5 Å². The van der Waals surface area contributed by atoms with E-state index in [2.05, 4.69) is 25.3 Å². The maximum atomic E-state index is 14.6. The third kappa shape index (κ3) is 5.28. The van der Waals surface area contributed by atoms with Crippen LogP contribution in [0.15, 0.2) is 30.7 Å². The molecule has 176 valence electrons. The Kier molecular flexibility index (Phi) is 6.33. The predicted octanol–water partition coefficient (Wildman–Crippen LogP) is 3.66. The summed E-state index contributed by atoms with van der Waals surface area (Å²) in [6.45, 7) is 0.569. The normalized spacial score (nSPS) is 16.2. The van der Waals surface area contributed by atoms with Crippen molar-refractivity contribution in [3.8, 4) is 21.1 Å². The van der Waals surface area contributed by atoms with Crippen LogP contribution in [0.25, 0.3) is 21.1 Å². The maximum absolute atomic E-state index is 14.6. The predicted molar refractivity (Wildman–Crippen MR) is 114 cm³/mol. The summed E-state index contributed by atoms with van der Waals surface area (Å²) in [6.07, 6.45) is 0.859. The van der Waals surface area contributed by atoms with Gasteiger partial charge in [-0.1, -0.05) is 0 Å². The average molecular weight is 503 g/mol. The van der Waals surface area contributed by atoms with E-state index in [0.29, 0.717) is 29.7 Å². The lowest BCUT2D eigenvalue weighted by Gasteiger charge is -2.30. The van der Waals surface area contributed by atoms with Crippen LogP contribution < -0.4 is 5.32 Å². The number of sulfonamides is 1. The highest BCUT2D eigenvalue weighted by molar-refractivity contribution is 7.88. The van der Waals surface area contributed by atoms with Crippen LogP contribution in [0.3, 0.4) is 0 Å². The van der Waals surface area contributed by atoms with Gasteiger partial charge in [0.25, 0.3) is 0 Å². The van der Waals surface area contributed by atoms with E-state index in [9.17, 15) is 26.0 Å². The summed E-state index contributed by atoms with van der Waals surface area (Å²) in [4.78, 5) is 14.9. The molecular weight excluding hydrogens is 484 g/mol. The summed E-state index contributed by atoms with van der Waals surface area (Å²) in [5.41, 5.74) is -1.33. The fourth-order valence-corrected chi connectivity index (χ4v) is 5.36. The standard InChI is InChI=1S/C19H18F4N6O2S2/c1-33(30,31)29-8-4-12(5-9-29)26-18-25-10-13(20)14(27-18)15-16(19(21,22)23)28-17(32-15)11-2-6-24-7-3-11/h2-3,6-7,10,12H,4-5,8-9H2,1H3,(H,25,26,27). The van der Waals surface area contributed by atoms with Gasteiger partial charge < -0.3 is 5.32 Å². The quantitative estimate of drug-likeness (QED) is 0.532. The first-order valence-electron chi connectivity index (χ1n) is 9.75. The van der Waals surface area contributed by atoms with Crippen LogP contribution in [0, 0.1) is 5.82 Å². The average Bonchev–Trinajstić information content (AvgIpc) is 3.21. The minimum Gasteiger partial charge on any atom is -0.351 e. The largest absolute Gasteiger partial charge is 0.434 e. The van der Waals surface area contributed by atoms with Gasteiger partial charge in [-0.2, -0.15) is 13.2 Å². The van der Waals surface area contributed by atoms with Gasteiger partial charge in [-0.05, 0) is 25.0 Å². The number of piperidine rings is 1. The topological polar surface area (TPSA) is 101 Å². The number of nitrogens with zero attached hydrogens (tertiary/aromatic N) is 5. The van der Waals surface area contributed by atoms with Crippen molar-refractivity contribution < 1.29 is 26.0 Å². The Morgan fingerprint density at radius 2 is 1.82 bits per heavy atom. The summed E-state index contributed by atoms with van der Waals surface area (Å²) < 4.78 is 80.3. The lowest BCUT2D eigenvalue weighted by atomic mass is 10.1. The molecule has 33 heavy (non-hydrogen) atoms. The number of nitrogens with one attached hydrogen (secondary N) is 1. The third-order valence-corrected chi connectivity index (χ3v) is 7.45. The van der Waals surface area contributed by atoms with Crippen molar-refractivity contribution in [2.24, 2.45) is 0 Å². The highest BCUT2D eigenvalue weighted by Gasteiger charge is 2.39. The number of thiazole rings is 1. The van der Waals surface area contributed by atoms with Crippen molar-refractivity contribution in [3.05, 3.63) is 42.2 Å². The first kappa shape index (κ1) is 23.4. The van der Waals surface area contributed by atoms with Crippen molar-refractivity contribution >= 4 is 27.3 Å². The van der Waals surface area contributed by atoms with E-state index in [1.807, 2.05) is 0 Å². The number of halogens is 4. The Balaban J connectivity index is 1.64. The number of anilines is 1. The molecule has 8 nitrogen and oxygen atoms in total. The van der Waals surface area contributed by atoms with E-state index >= 15 is 0 Å². The van der Waals surface area contributed by atoms with Gasteiger partial charge in [-0.15, -0.1) is 11.3 Å². The first-order chi connectivity index (χ1) is 15.5. The second-order valence-corrected chi connectivity index (χ2v) is 10.4. The van der Waals surface area contributed by atoms with Gasteiger partial charge >= 0.3 is 6.18 Å². The van der Waals surface area contributed by atoms with Gasteiger partial charge in [0.1, 0.15) is 10.7 Å². The molecule has 1 fully saturated rings. The van der Waals surface area contributed by atoms with Crippen molar-refractivity contribution in [2.45, 2.75) is 25.1 Å². The molecule has 0 atom stereocenters. The molecule has 1 saturated heterocycles. The van der Waals surface area contributed by atoms with Crippen molar-refractivity contribution in [2.75, 3.05) is 24.7 Å². The van der Waals surface area contributed by atoms with Gasteiger partial charge in [0, 0.05) is 37.1 Å². The van der Waals surface area contributed by atoms with E-state index < -0.39 is 38.3 Å². The highest BCUT2D eigenvalue weighted by atomic mass is 32.2. The smallest absolute Gasteiger partial charge is 0.351 e. The van der Waals surface area contributed by atoms with Crippen LogP contribution in [-0.4, -0.2) is 58.0 Å². The Morgan fingerprint density at radius 3 is 2.42 bits per heavy atom. The Labute approximate surface area is 190 Å². The molecule has 0 radical (unpaired) electrons. The number of hydrogen-bond donors (Lipinski definition) is 1. The Morgan fingerprint density at radius 1 is 1.15 bits per heavy atom. The lowest BCUT2D eigenvalue weighted by molar-refractivity contribution is -0.140. The van der Waals surface area contributed by atoms with E-state index in [1.165, 1.54) is 28.8 Å². The highest BCUT2D eigenvalue weighted by Crippen LogP contribution is 2.43. The van der Waals surface area contributed by atoms with Gasteiger partial charge in [0.05, 0.1) is 17.3 Å². The van der Waals surface area contributed by atoms with Crippen molar-refractivity contribution in [3.63, 3.8) is 0 Å². The molecule has 14 heteroatoms. The van der Waals surface area contributed by atoms with Gasteiger partial charge in [-0.3, -0.25) is 4.98 Å². The first-order valence-corrected chi connectivity index (χ1v) is 12.4. The molecule has 1 N–H and O–H groups in total. The number of rotatable bonds is 5. The molecule has 3 aromatic rings. The van der Waals surface area contributed by atoms with E-state index in [4.69, 9.17) is 0 Å². The third-order valence-electron chi connectivity index (χ3n) is 5.04. The van der Waals surface area contributed by atoms with E-state index in [1.54, 1.807) is 0 Å². The van der Waals surface area contributed by atoms with Gasteiger partial charge in [-0.25, -0.2) is 32.1 Å². The number of pyridine rings is 1. The van der Waals surface area contributed by atoms with Crippen LogP contribution in [0.5, 0.6) is 0 Å². The lowest BCUT2D eigenvalue weighted by Crippen LogP contribution is -2.42. The SMILES string of the molecule is CS(=O)(=O)N1CCC(Nc2ncc(F)c(-c3sc(-c4ccncc4)nc3C(F)(F)F)n2)CC1. The summed E-state index contributed by atoms with van der Waals surface area (Å²) in [5, 5.41) is 3.03. The summed E-state index contributed by atoms with van der Waals surface area (Å²) in [7, 11) is -3.30. The molecule has 4 heterocycles. The molecule has 0 bridgehead atoms. The molecule has 3 aromatic heterocycles. The second kappa shape index (κ2) is 8.91. The maximum Gasteiger partial charge on any atom is 0.434 e. The summed E-state index contributed by atoms with van der Waals surface area (Å²) in [6, 6.07) is 2.81. The molecule has 0 spiro atoms. The zero-order valence-corrected chi connectivity index (χ0v) is 18.8. The van der Waals surface area contributed by atoms with Crippen molar-refractivity contribution in [1.82, 2.24) is 24.2 Å². The van der Waals surface area contributed by atoms with E-state index in [0.717, 1.165) is 12.5 Å². The molecule has 0 unspecified atom stereocenters. The molecule has 1 aliphatic heterocycles. The number of hydrogen-bond acceptors (Lipinski definition) is 8. The molecule has 0 aromatic carbocycles. The molecule has 0 aliphatic carbocycles. The molecular formula is C19H18F4N6O2S2.